The Kier molecular flexibility index (Phi) is 11.1. The second-order valence-corrected chi connectivity index (χ2v) is 7.98. The van der Waals surface area contributed by atoms with Gasteiger partial charge in [-0.05, 0) is 32.6 Å². The average molecular weight is 464 g/mol. The summed E-state index contributed by atoms with van der Waals surface area (Å²) < 4.78 is 0. The Labute approximate surface area is 188 Å². The Morgan fingerprint density at radius 2 is 1.80 bits per heavy atom. The van der Waals surface area contributed by atoms with Crippen LogP contribution in [0.15, 0.2) is 12.4 Å². The molecule has 0 aliphatic heterocycles. The van der Waals surface area contributed by atoms with Crippen LogP contribution in [0.3, 0.4) is 0 Å². The Bertz CT molecular complexity index is 754. The third-order valence-corrected chi connectivity index (χ3v) is 5.02. The Morgan fingerprint density at radius 1 is 1.20 bits per heavy atom. The first kappa shape index (κ1) is 27.9. The molecule has 0 saturated heterocycles. The molecule has 2 rings (SSSR count). The van der Waals surface area contributed by atoms with Crippen LogP contribution in [0.1, 0.15) is 62.7 Å². The number of anilines is 2. The maximum atomic E-state index is 12.5. The van der Waals surface area contributed by atoms with Gasteiger partial charge in [0.25, 0.3) is 0 Å². The normalized spacial score (nSPS) is 15.2. The summed E-state index contributed by atoms with van der Waals surface area (Å²) in [5.41, 5.74) is 10.9. The van der Waals surface area contributed by atoms with E-state index >= 15 is 0 Å². The van der Waals surface area contributed by atoms with Crippen LogP contribution in [0, 0.1) is 5.92 Å². The number of carbonyl (C=O) groups is 3. The summed E-state index contributed by atoms with van der Waals surface area (Å²) in [6.45, 7) is 3.46. The molecule has 0 spiro atoms. The summed E-state index contributed by atoms with van der Waals surface area (Å²) >= 11 is 0. The van der Waals surface area contributed by atoms with Crippen LogP contribution >= 0.6 is 24.8 Å². The second-order valence-electron chi connectivity index (χ2n) is 7.98. The monoisotopic (exact) mass is 463 g/mol. The number of rotatable bonds is 7. The molecule has 0 aromatic carbocycles. The molecule has 170 valence electrons. The van der Waals surface area contributed by atoms with E-state index in [2.05, 4.69) is 15.6 Å². The van der Waals surface area contributed by atoms with Gasteiger partial charge >= 0.3 is 5.97 Å². The number of hydrogen-bond donors (Lipinski definition) is 5. The number of aromatic nitrogens is 1. The summed E-state index contributed by atoms with van der Waals surface area (Å²) in [5.74, 6) is -1.75. The number of amides is 2. The van der Waals surface area contributed by atoms with E-state index < -0.39 is 23.5 Å². The molecule has 9 nitrogen and oxygen atoms in total. The molecule has 1 fully saturated rings. The van der Waals surface area contributed by atoms with Crippen molar-refractivity contribution in [3.05, 3.63) is 18.0 Å². The lowest BCUT2D eigenvalue weighted by Gasteiger charge is -2.31. The predicted octanol–water partition coefficient (Wildman–Crippen LogP) is 2.34. The number of nitrogens with two attached hydrogens (primary N) is 2. The molecule has 0 unspecified atom stereocenters. The van der Waals surface area contributed by atoms with Gasteiger partial charge in [0, 0.05) is 18.2 Å². The number of hydrogen-bond acceptors (Lipinski definition) is 6. The van der Waals surface area contributed by atoms with Crippen molar-refractivity contribution in [2.24, 2.45) is 11.7 Å². The zero-order valence-corrected chi connectivity index (χ0v) is 18.8. The molecule has 11 heteroatoms. The number of nitrogen functional groups attached to an aromatic ring is 1. The molecule has 30 heavy (non-hydrogen) atoms. The molecule has 1 heterocycles. The number of nitrogens with one attached hydrogen (secondary N) is 2. The van der Waals surface area contributed by atoms with E-state index in [0.29, 0.717) is 0 Å². The van der Waals surface area contributed by atoms with Crippen molar-refractivity contribution in [1.29, 1.82) is 0 Å². The van der Waals surface area contributed by atoms with Crippen molar-refractivity contribution >= 4 is 54.0 Å². The first-order valence-corrected chi connectivity index (χ1v) is 9.45. The van der Waals surface area contributed by atoms with Gasteiger partial charge in [-0.25, -0.2) is 4.79 Å². The van der Waals surface area contributed by atoms with Gasteiger partial charge in [-0.3, -0.25) is 14.6 Å². The highest BCUT2D eigenvalue weighted by atomic mass is 35.5. The van der Waals surface area contributed by atoms with Gasteiger partial charge in [-0.15, -0.1) is 24.8 Å². The molecular weight excluding hydrogens is 433 g/mol. The van der Waals surface area contributed by atoms with Gasteiger partial charge < -0.3 is 27.2 Å². The van der Waals surface area contributed by atoms with Crippen LogP contribution in [-0.4, -0.2) is 39.5 Å². The van der Waals surface area contributed by atoms with Gasteiger partial charge in [0.15, 0.2) is 0 Å². The van der Waals surface area contributed by atoms with Gasteiger partial charge in [0.05, 0.1) is 23.6 Å². The number of carboxylic acids is 1. The number of carboxylic acid groups (broad SMARTS) is 1. The van der Waals surface area contributed by atoms with Crippen molar-refractivity contribution in [2.75, 3.05) is 11.1 Å². The third-order valence-electron chi connectivity index (χ3n) is 5.02. The number of pyridine rings is 1. The Hall–Kier alpha value is -2.10. The topological polar surface area (TPSA) is 160 Å². The van der Waals surface area contributed by atoms with E-state index in [1.807, 2.05) is 0 Å². The van der Waals surface area contributed by atoms with E-state index in [9.17, 15) is 14.4 Å². The van der Waals surface area contributed by atoms with E-state index in [1.165, 1.54) is 12.6 Å². The zero-order chi connectivity index (χ0) is 20.9. The fourth-order valence-corrected chi connectivity index (χ4v) is 3.50. The first-order chi connectivity index (χ1) is 13.1. The molecule has 1 aromatic heterocycles. The standard InChI is InChI=1S/C19H29N5O4.2ClH/c1-19(2,24-17(26)15(20)11-6-4-3-5-7-11)8-14(25)23-13-10-22-9-12(16(13)21)18(27)28;;/h9-11,15H,3-8,20H2,1-2H3,(H2,21,22)(H,23,25)(H,24,26)(H,27,28);2*1H/t15-;;/m0../s1. The number of aromatic carboxylic acids is 1. The minimum absolute atomic E-state index is 0. The minimum Gasteiger partial charge on any atom is -0.478 e. The maximum Gasteiger partial charge on any atom is 0.339 e. The van der Waals surface area contributed by atoms with Crippen molar-refractivity contribution in [1.82, 2.24) is 10.3 Å². The summed E-state index contributed by atoms with van der Waals surface area (Å²) in [5, 5.41) is 14.5. The van der Waals surface area contributed by atoms with Gasteiger partial charge in [0.1, 0.15) is 5.56 Å². The van der Waals surface area contributed by atoms with Crippen LogP contribution in [0.5, 0.6) is 0 Å². The van der Waals surface area contributed by atoms with Crippen LogP contribution in [0.2, 0.25) is 0 Å². The lowest BCUT2D eigenvalue weighted by atomic mass is 9.83. The van der Waals surface area contributed by atoms with E-state index in [0.717, 1.165) is 31.9 Å². The maximum absolute atomic E-state index is 12.5. The van der Waals surface area contributed by atoms with Crippen LogP contribution in [0.25, 0.3) is 0 Å². The molecular formula is C19H31Cl2N5O4. The molecule has 1 aliphatic carbocycles. The van der Waals surface area contributed by atoms with Crippen molar-refractivity contribution in [2.45, 2.75) is 64.0 Å². The number of carbonyl (C=O) groups excluding carboxylic acids is 2. The molecule has 2 amide bonds. The van der Waals surface area contributed by atoms with E-state index in [4.69, 9.17) is 16.6 Å². The molecule has 1 saturated carbocycles. The number of halogens is 2. The first-order valence-electron chi connectivity index (χ1n) is 9.45. The molecule has 0 radical (unpaired) electrons. The summed E-state index contributed by atoms with van der Waals surface area (Å²) in [4.78, 5) is 39.8. The highest BCUT2D eigenvalue weighted by Crippen LogP contribution is 2.26. The second kappa shape index (κ2) is 11.9. The SMILES string of the molecule is CC(C)(CC(=O)Nc1cncc(C(=O)O)c1N)NC(=O)[C@@H](N)C1CCCCC1.Cl.Cl. The van der Waals surface area contributed by atoms with Crippen LogP contribution in [-0.2, 0) is 9.59 Å². The van der Waals surface area contributed by atoms with Crippen LogP contribution in [0.4, 0.5) is 11.4 Å². The van der Waals surface area contributed by atoms with Gasteiger partial charge in [0.2, 0.25) is 11.8 Å². The van der Waals surface area contributed by atoms with E-state index in [1.54, 1.807) is 13.8 Å². The van der Waals surface area contributed by atoms with Gasteiger partial charge in [-0.2, -0.15) is 0 Å². The largest absolute Gasteiger partial charge is 0.478 e. The quantitative estimate of drug-likeness (QED) is 0.414. The average Bonchev–Trinajstić information content (AvgIpc) is 2.62. The molecule has 1 aromatic rings. The molecule has 1 aliphatic rings. The molecule has 7 N–H and O–H groups in total. The lowest BCUT2D eigenvalue weighted by Crippen LogP contribution is -2.54. The van der Waals surface area contributed by atoms with Crippen LogP contribution < -0.4 is 22.1 Å². The Balaban J connectivity index is 0.00000420. The lowest BCUT2D eigenvalue weighted by molar-refractivity contribution is -0.126. The summed E-state index contributed by atoms with van der Waals surface area (Å²) in [7, 11) is 0. The van der Waals surface area contributed by atoms with Crippen molar-refractivity contribution in [3.8, 4) is 0 Å². The summed E-state index contributed by atoms with van der Waals surface area (Å²) in [6.07, 6.45) is 7.60. The minimum atomic E-state index is -1.23. The van der Waals surface area contributed by atoms with Crippen molar-refractivity contribution in [3.63, 3.8) is 0 Å². The summed E-state index contributed by atoms with van der Waals surface area (Å²) in [6, 6.07) is -0.588. The molecule has 1 atom stereocenters. The highest BCUT2D eigenvalue weighted by molar-refractivity contribution is 6.01. The fraction of sp³-hybridized carbons (Fsp3) is 0.579. The fourth-order valence-electron chi connectivity index (χ4n) is 3.50. The van der Waals surface area contributed by atoms with Crippen molar-refractivity contribution < 1.29 is 19.5 Å². The third kappa shape index (κ3) is 7.62. The van der Waals surface area contributed by atoms with E-state index in [-0.39, 0.29) is 60.0 Å². The zero-order valence-electron chi connectivity index (χ0n) is 17.1. The predicted molar refractivity (Wildman–Crippen MR) is 120 cm³/mol. The Morgan fingerprint density at radius 3 is 2.37 bits per heavy atom. The smallest absolute Gasteiger partial charge is 0.339 e. The molecule has 0 bridgehead atoms. The highest BCUT2D eigenvalue weighted by Gasteiger charge is 2.31. The van der Waals surface area contributed by atoms with Gasteiger partial charge in [-0.1, -0.05) is 19.3 Å². The number of nitrogens with zero attached hydrogens (tertiary/aromatic N) is 1.